The molecule has 84 valence electrons. The van der Waals surface area contributed by atoms with Crippen molar-refractivity contribution in [1.82, 2.24) is 5.32 Å². The molecule has 0 aromatic heterocycles. The van der Waals surface area contributed by atoms with Gasteiger partial charge in [0.25, 0.3) is 11.8 Å². The molecular weight excluding hydrogens is 218 g/mol. The molecule has 3 rings (SSSR count). The molecule has 0 fully saturated rings. The standard InChI is InChI=1S/C13H9NO3/c1-17-11-8-5-3-2-4-7(8)6-9-10(11)13(16)14-12(9)15/h2-6H,1H3,(H,14,15,16). The summed E-state index contributed by atoms with van der Waals surface area (Å²) in [6.45, 7) is 0. The number of ether oxygens (including phenoxy) is 1. The van der Waals surface area contributed by atoms with Gasteiger partial charge in [0.1, 0.15) is 5.75 Å². The normalized spacial score (nSPS) is 13.7. The third-order valence-electron chi connectivity index (χ3n) is 2.90. The Morgan fingerprint density at radius 1 is 1.12 bits per heavy atom. The Hall–Kier alpha value is -2.36. The van der Waals surface area contributed by atoms with Gasteiger partial charge in [0.05, 0.1) is 18.2 Å². The molecule has 0 radical (unpaired) electrons. The zero-order valence-corrected chi connectivity index (χ0v) is 9.11. The highest BCUT2D eigenvalue weighted by atomic mass is 16.5. The molecule has 0 spiro atoms. The number of imide groups is 1. The molecule has 4 heteroatoms. The molecule has 0 unspecified atom stereocenters. The van der Waals surface area contributed by atoms with E-state index >= 15 is 0 Å². The van der Waals surface area contributed by atoms with Gasteiger partial charge in [-0.3, -0.25) is 14.9 Å². The first-order valence-electron chi connectivity index (χ1n) is 5.18. The number of benzene rings is 2. The van der Waals surface area contributed by atoms with Gasteiger partial charge in [-0.15, -0.1) is 0 Å². The minimum Gasteiger partial charge on any atom is -0.495 e. The molecule has 0 aliphatic carbocycles. The minimum absolute atomic E-state index is 0.330. The fraction of sp³-hybridized carbons (Fsp3) is 0.0769. The lowest BCUT2D eigenvalue weighted by atomic mass is 10.0. The zero-order chi connectivity index (χ0) is 12.0. The Balaban J connectivity index is 2.48. The summed E-state index contributed by atoms with van der Waals surface area (Å²) in [4.78, 5) is 23.3. The lowest BCUT2D eigenvalue weighted by molar-refractivity contribution is 0.0879. The topological polar surface area (TPSA) is 55.4 Å². The average Bonchev–Trinajstić information content (AvgIpc) is 2.62. The van der Waals surface area contributed by atoms with Crippen molar-refractivity contribution in [3.05, 3.63) is 41.5 Å². The number of fused-ring (bicyclic) bond motifs is 2. The van der Waals surface area contributed by atoms with Crippen molar-refractivity contribution >= 4 is 22.6 Å². The van der Waals surface area contributed by atoms with Crippen LogP contribution in [0.15, 0.2) is 30.3 Å². The van der Waals surface area contributed by atoms with Crippen LogP contribution in [0.2, 0.25) is 0 Å². The number of nitrogens with one attached hydrogen (secondary N) is 1. The molecule has 1 N–H and O–H groups in total. The molecule has 0 saturated carbocycles. The molecular formula is C13H9NO3. The second kappa shape index (κ2) is 3.31. The van der Waals surface area contributed by atoms with Crippen LogP contribution in [0.25, 0.3) is 10.8 Å². The number of hydrogen-bond donors (Lipinski definition) is 1. The lowest BCUT2D eigenvalue weighted by Gasteiger charge is -2.08. The molecule has 1 aliphatic heterocycles. The van der Waals surface area contributed by atoms with Gasteiger partial charge >= 0.3 is 0 Å². The Morgan fingerprint density at radius 3 is 2.65 bits per heavy atom. The van der Waals surface area contributed by atoms with Gasteiger partial charge in [0.2, 0.25) is 0 Å². The van der Waals surface area contributed by atoms with Crippen LogP contribution in [0.4, 0.5) is 0 Å². The van der Waals surface area contributed by atoms with Crippen LogP contribution in [0.3, 0.4) is 0 Å². The number of carbonyl (C=O) groups is 2. The highest BCUT2D eigenvalue weighted by Gasteiger charge is 2.31. The quantitative estimate of drug-likeness (QED) is 0.755. The molecule has 0 atom stereocenters. The molecule has 4 nitrogen and oxygen atoms in total. The van der Waals surface area contributed by atoms with E-state index in [1.807, 2.05) is 24.3 Å². The van der Waals surface area contributed by atoms with Gasteiger partial charge < -0.3 is 4.74 Å². The molecule has 17 heavy (non-hydrogen) atoms. The number of hydrogen-bond acceptors (Lipinski definition) is 3. The lowest BCUT2D eigenvalue weighted by Crippen LogP contribution is -2.20. The SMILES string of the molecule is COc1c2c(cc3ccccc13)C(=O)NC2=O. The van der Waals surface area contributed by atoms with Gasteiger partial charge in [0, 0.05) is 5.39 Å². The second-order valence-electron chi connectivity index (χ2n) is 3.84. The summed E-state index contributed by atoms with van der Waals surface area (Å²) in [6, 6.07) is 9.21. The van der Waals surface area contributed by atoms with Crippen molar-refractivity contribution in [1.29, 1.82) is 0 Å². The van der Waals surface area contributed by atoms with E-state index in [-0.39, 0.29) is 5.91 Å². The Morgan fingerprint density at radius 2 is 1.88 bits per heavy atom. The van der Waals surface area contributed by atoms with Gasteiger partial charge in [-0.1, -0.05) is 24.3 Å². The maximum atomic E-state index is 11.7. The van der Waals surface area contributed by atoms with E-state index in [9.17, 15) is 9.59 Å². The van der Waals surface area contributed by atoms with E-state index in [1.54, 1.807) is 6.07 Å². The van der Waals surface area contributed by atoms with Crippen molar-refractivity contribution in [3.63, 3.8) is 0 Å². The van der Waals surface area contributed by atoms with E-state index in [2.05, 4.69) is 5.32 Å². The fourth-order valence-electron chi connectivity index (χ4n) is 2.16. The van der Waals surface area contributed by atoms with Crippen molar-refractivity contribution < 1.29 is 14.3 Å². The predicted molar refractivity (Wildman–Crippen MR) is 62.3 cm³/mol. The van der Waals surface area contributed by atoms with E-state index in [1.165, 1.54) is 7.11 Å². The third-order valence-corrected chi connectivity index (χ3v) is 2.90. The summed E-state index contributed by atoms with van der Waals surface area (Å²) in [5.74, 6) is -0.303. The molecule has 1 heterocycles. The first-order valence-corrected chi connectivity index (χ1v) is 5.18. The molecule has 1 aliphatic rings. The predicted octanol–water partition coefficient (Wildman–Crippen LogP) is 1.73. The van der Waals surface area contributed by atoms with E-state index < -0.39 is 5.91 Å². The number of carbonyl (C=O) groups excluding carboxylic acids is 2. The fourth-order valence-corrected chi connectivity index (χ4v) is 2.16. The van der Waals surface area contributed by atoms with Crippen molar-refractivity contribution in [2.75, 3.05) is 7.11 Å². The first-order chi connectivity index (χ1) is 8.22. The summed E-state index contributed by atoms with van der Waals surface area (Å²) in [5.41, 5.74) is 0.710. The van der Waals surface area contributed by atoms with Crippen LogP contribution in [0.5, 0.6) is 5.75 Å². The maximum absolute atomic E-state index is 11.7. The number of rotatable bonds is 1. The summed E-state index contributed by atoms with van der Waals surface area (Å²) >= 11 is 0. The van der Waals surface area contributed by atoms with E-state index in [0.29, 0.717) is 16.9 Å². The van der Waals surface area contributed by atoms with Gasteiger partial charge in [0.15, 0.2) is 0 Å². The van der Waals surface area contributed by atoms with Crippen LogP contribution in [0, 0.1) is 0 Å². The monoisotopic (exact) mass is 227 g/mol. The number of amides is 2. The summed E-state index contributed by atoms with van der Waals surface area (Å²) in [7, 11) is 1.50. The van der Waals surface area contributed by atoms with Crippen LogP contribution in [-0.2, 0) is 0 Å². The highest BCUT2D eigenvalue weighted by molar-refractivity contribution is 6.25. The minimum atomic E-state index is -0.396. The van der Waals surface area contributed by atoms with Crippen LogP contribution >= 0.6 is 0 Å². The Labute approximate surface area is 97.2 Å². The molecule has 0 saturated heterocycles. The van der Waals surface area contributed by atoms with Crippen molar-refractivity contribution in [2.45, 2.75) is 0 Å². The van der Waals surface area contributed by atoms with Crippen LogP contribution in [0.1, 0.15) is 20.7 Å². The van der Waals surface area contributed by atoms with Crippen molar-refractivity contribution in [3.8, 4) is 5.75 Å². The first kappa shape index (κ1) is 9.84. The molecule has 2 aromatic carbocycles. The zero-order valence-electron chi connectivity index (χ0n) is 9.11. The van der Waals surface area contributed by atoms with E-state index in [0.717, 1.165) is 10.8 Å². The maximum Gasteiger partial charge on any atom is 0.262 e. The second-order valence-corrected chi connectivity index (χ2v) is 3.84. The summed E-state index contributed by atoms with van der Waals surface area (Å²) in [6.07, 6.45) is 0. The molecule has 0 bridgehead atoms. The third kappa shape index (κ3) is 1.24. The summed E-state index contributed by atoms with van der Waals surface area (Å²) < 4.78 is 5.28. The van der Waals surface area contributed by atoms with Crippen molar-refractivity contribution in [2.24, 2.45) is 0 Å². The van der Waals surface area contributed by atoms with E-state index in [4.69, 9.17) is 4.74 Å². The van der Waals surface area contributed by atoms with Crippen LogP contribution < -0.4 is 10.1 Å². The molecule has 2 aromatic rings. The van der Waals surface area contributed by atoms with Gasteiger partial charge in [-0.05, 0) is 11.5 Å². The smallest absolute Gasteiger partial charge is 0.262 e. The van der Waals surface area contributed by atoms with Crippen LogP contribution in [-0.4, -0.2) is 18.9 Å². The number of methoxy groups -OCH3 is 1. The van der Waals surface area contributed by atoms with Gasteiger partial charge in [-0.2, -0.15) is 0 Å². The highest BCUT2D eigenvalue weighted by Crippen LogP contribution is 2.34. The summed E-state index contributed by atoms with van der Waals surface area (Å²) in [5, 5.41) is 3.99. The Kier molecular flexibility index (Phi) is 1.92. The molecule has 2 amide bonds. The Bertz CT molecular complexity index is 661. The largest absolute Gasteiger partial charge is 0.495 e. The average molecular weight is 227 g/mol. The van der Waals surface area contributed by atoms with Gasteiger partial charge in [-0.25, -0.2) is 0 Å².